The van der Waals surface area contributed by atoms with Crippen LogP contribution >= 0.6 is 24.0 Å². The number of nitrogens with one attached hydrogen (secondary N) is 1. The van der Waals surface area contributed by atoms with Gasteiger partial charge in [-0.1, -0.05) is 38.3 Å². The number of hydrogen-bond donors (Lipinski definition) is 2. The van der Waals surface area contributed by atoms with Crippen molar-refractivity contribution in [2.24, 2.45) is 10.7 Å². The number of rotatable bonds is 9. The van der Waals surface area contributed by atoms with E-state index in [-0.39, 0.29) is 24.0 Å². The van der Waals surface area contributed by atoms with Crippen molar-refractivity contribution in [3.63, 3.8) is 0 Å². The van der Waals surface area contributed by atoms with Gasteiger partial charge in [-0.3, -0.25) is 4.99 Å². The second-order valence-electron chi connectivity index (χ2n) is 5.57. The first-order valence-corrected chi connectivity index (χ1v) is 7.93. The van der Waals surface area contributed by atoms with Crippen molar-refractivity contribution in [2.75, 3.05) is 32.1 Å². The highest BCUT2D eigenvalue weighted by molar-refractivity contribution is 14.0. The van der Waals surface area contributed by atoms with E-state index in [1.54, 1.807) is 0 Å². The first-order chi connectivity index (χ1) is 10.1. The van der Waals surface area contributed by atoms with Crippen LogP contribution in [-0.4, -0.2) is 33.1 Å². The Morgan fingerprint density at radius 1 is 1.14 bits per heavy atom. The third-order valence-electron chi connectivity index (χ3n) is 3.47. The van der Waals surface area contributed by atoms with Crippen LogP contribution in [0.5, 0.6) is 0 Å². The van der Waals surface area contributed by atoms with E-state index in [2.05, 4.69) is 46.4 Å². The summed E-state index contributed by atoms with van der Waals surface area (Å²) in [6.45, 7) is 3.87. The average Bonchev–Trinajstić information content (AvgIpc) is 2.47. The van der Waals surface area contributed by atoms with Crippen LogP contribution in [0.2, 0.25) is 0 Å². The third-order valence-corrected chi connectivity index (χ3v) is 3.47. The molecule has 0 unspecified atom stereocenters. The largest absolute Gasteiger partial charge is 0.378 e. The molecule has 0 saturated heterocycles. The molecule has 0 bridgehead atoms. The summed E-state index contributed by atoms with van der Waals surface area (Å²) in [7, 11) is 4.10. The van der Waals surface area contributed by atoms with Crippen LogP contribution in [-0.2, 0) is 6.42 Å². The Labute approximate surface area is 152 Å². The van der Waals surface area contributed by atoms with Crippen molar-refractivity contribution in [1.82, 2.24) is 5.32 Å². The number of hydrogen-bond acceptors (Lipinski definition) is 2. The van der Waals surface area contributed by atoms with Gasteiger partial charge >= 0.3 is 0 Å². The van der Waals surface area contributed by atoms with Crippen molar-refractivity contribution in [1.29, 1.82) is 0 Å². The van der Waals surface area contributed by atoms with E-state index < -0.39 is 0 Å². The predicted octanol–water partition coefficient (Wildman–Crippen LogP) is 3.40. The van der Waals surface area contributed by atoms with Crippen LogP contribution in [0.4, 0.5) is 5.69 Å². The summed E-state index contributed by atoms with van der Waals surface area (Å²) >= 11 is 0. The maximum atomic E-state index is 5.85. The molecular formula is C17H31IN4. The fourth-order valence-corrected chi connectivity index (χ4v) is 2.09. The minimum absolute atomic E-state index is 0. The molecule has 0 fully saturated rings. The summed E-state index contributed by atoms with van der Waals surface area (Å²) in [6.07, 6.45) is 5.86. The van der Waals surface area contributed by atoms with Crippen molar-refractivity contribution < 1.29 is 0 Å². The summed E-state index contributed by atoms with van der Waals surface area (Å²) in [4.78, 5) is 6.44. The normalized spacial score (nSPS) is 11.0. The van der Waals surface area contributed by atoms with Gasteiger partial charge in [-0.25, -0.2) is 0 Å². The second kappa shape index (κ2) is 12.6. The van der Waals surface area contributed by atoms with Crippen LogP contribution < -0.4 is 16.0 Å². The van der Waals surface area contributed by atoms with E-state index in [0.717, 1.165) is 25.9 Å². The topological polar surface area (TPSA) is 53.6 Å². The van der Waals surface area contributed by atoms with Gasteiger partial charge in [-0.05, 0) is 30.5 Å². The lowest BCUT2D eigenvalue weighted by Crippen LogP contribution is -2.33. The second-order valence-corrected chi connectivity index (χ2v) is 5.57. The number of nitrogens with two attached hydrogens (primary N) is 1. The molecule has 1 rings (SSSR count). The fraction of sp³-hybridized carbons (Fsp3) is 0.588. The average molecular weight is 418 g/mol. The van der Waals surface area contributed by atoms with E-state index in [4.69, 9.17) is 5.73 Å². The maximum absolute atomic E-state index is 5.85. The Bertz CT molecular complexity index is 415. The Morgan fingerprint density at radius 2 is 1.82 bits per heavy atom. The first kappa shape index (κ1) is 21.0. The van der Waals surface area contributed by atoms with E-state index >= 15 is 0 Å². The zero-order valence-electron chi connectivity index (χ0n) is 14.1. The van der Waals surface area contributed by atoms with Gasteiger partial charge in [-0.15, -0.1) is 24.0 Å². The van der Waals surface area contributed by atoms with E-state index in [0.29, 0.717) is 5.96 Å². The molecule has 1 aromatic carbocycles. The van der Waals surface area contributed by atoms with Crippen molar-refractivity contribution in [3.05, 3.63) is 29.8 Å². The number of halogens is 1. The zero-order chi connectivity index (χ0) is 15.5. The molecule has 0 aliphatic rings. The van der Waals surface area contributed by atoms with Crippen molar-refractivity contribution in [2.45, 2.75) is 39.0 Å². The predicted molar refractivity (Wildman–Crippen MR) is 109 cm³/mol. The summed E-state index contributed by atoms with van der Waals surface area (Å²) in [5.41, 5.74) is 8.38. The smallest absolute Gasteiger partial charge is 0.188 e. The van der Waals surface area contributed by atoms with Crippen LogP contribution in [0.3, 0.4) is 0 Å². The molecule has 0 atom stereocenters. The number of anilines is 1. The molecule has 0 radical (unpaired) electrons. The van der Waals surface area contributed by atoms with Gasteiger partial charge in [0.15, 0.2) is 5.96 Å². The van der Waals surface area contributed by atoms with Crippen molar-refractivity contribution >= 4 is 35.6 Å². The summed E-state index contributed by atoms with van der Waals surface area (Å²) < 4.78 is 0. The molecule has 0 aliphatic heterocycles. The van der Waals surface area contributed by atoms with Gasteiger partial charge < -0.3 is 16.0 Å². The third kappa shape index (κ3) is 9.12. The molecule has 4 nitrogen and oxygen atoms in total. The van der Waals surface area contributed by atoms with Crippen LogP contribution in [0.25, 0.3) is 0 Å². The minimum atomic E-state index is 0. The molecule has 0 aromatic heterocycles. The molecule has 0 heterocycles. The lowest BCUT2D eigenvalue weighted by Gasteiger charge is -2.12. The zero-order valence-corrected chi connectivity index (χ0v) is 16.5. The van der Waals surface area contributed by atoms with Gasteiger partial charge in [0.05, 0.1) is 0 Å². The first-order valence-electron chi connectivity index (χ1n) is 7.93. The number of guanidine groups is 1. The minimum Gasteiger partial charge on any atom is -0.378 e. The van der Waals surface area contributed by atoms with Gasteiger partial charge in [0.25, 0.3) is 0 Å². The molecular weight excluding hydrogens is 387 g/mol. The standard InChI is InChI=1S/C17H30N4.HI/c1-4-5-6-7-13-19-17(18)20-14-12-15-8-10-16(11-9-15)21(2)3;/h8-11H,4-7,12-14H2,1-3H3,(H3,18,19,20);1H. The van der Waals surface area contributed by atoms with Crippen molar-refractivity contribution in [3.8, 4) is 0 Å². The Balaban J connectivity index is 0.00000441. The fourth-order valence-electron chi connectivity index (χ4n) is 2.09. The summed E-state index contributed by atoms with van der Waals surface area (Å²) in [5, 5.41) is 3.18. The Morgan fingerprint density at radius 3 is 2.41 bits per heavy atom. The van der Waals surface area contributed by atoms with Gasteiger partial charge in [0.1, 0.15) is 0 Å². The lowest BCUT2D eigenvalue weighted by molar-refractivity contribution is 0.673. The number of benzene rings is 1. The maximum Gasteiger partial charge on any atom is 0.188 e. The molecule has 22 heavy (non-hydrogen) atoms. The van der Waals surface area contributed by atoms with Gasteiger partial charge in [-0.2, -0.15) is 0 Å². The monoisotopic (exact) mass is 418 g/mol. The molecule has 3 N–H and O–H groups in total. The quantitative estimate of drug-likeness (QED) is 0.280. The van der Waals surface area contributed by atoms with Crippen LogP contribution in [0, 0.1) is 0 Å². The van der Waals surface area contributed by atoms with E-state index in [9.17, 15) is 0 Å². The molecule has 5 heteroatoms. The Kier molecular flexibility index (Phi) is 12.0. The molecule has 0 aliphatic carbocycles. The highest BCUT2D eigenvalue weighted by atomic mass is 127. The molecule has 0 spiro atoms. The Hall–Kier alpha value is -0.980. The molecule has 0 saturated carbocycles. The summed E-state index contributed by atoms with van der Waals surface area (Å²) in [5.74, 6) is 0.566. The number of nitrogens with zero attached hydrogens (tertiary/aromatic N) is 2. The van der Waals surface area contributed by atoms with Gasteiger partial charge in [0, 0.05) is 32.9 Å². The SMILES string of the molecule is CCCCCCN=C(N)NCCc1ccc(N(C)C)cc1.I. The van der Waals surface area contributed by atoms with E-state index in [1.165, 1.54) is 30.5 Å². The van der Waals surface area contributed by atoms with Crippen LogP contribution in [0.15, 0.2) is 29.3 Å². The highest BCUT2D eigenvalue weighted by Crippen LogP contribution is 2.12. The molecule has 126 valence electrons. The number of aliphatic imine (C=N–C) groups is 1. The summed E-state index contributed by atoms with van der Waals surface area (Å²) in [6, 6.07) is 8.60. The molecule has 0 amide bonds. The van der Waals surface area contributed by atoms with Gasteiger partial charge in [0.2, 0.25) is 0 Å². The van der Waals surface area contributed by atoms with Crippen LogP contribution in [0.1, 0.15) is 38.2 Å². The van der Waals surface area contributed by atoms with E-state index in [1.807, 2.05) is 14.1 Å². The number of unbranched alkanes of at least 4 members (excludes halogenated alkanes) is 3. The molecule has 1 aromatic rings. The highest BCUT2D eigenvalue weighted by Gasteiger charge is 1.97. The lowest BCUT2D eigenvalue weighted by atomic mass is 10.1.